The maximum atomic E-state index is 9.25. The summed E-state index contributed by atoms with van der Waals surface area (Å²) < 4.78 is 1.88. The van der Waals surface area contributed by atoms with Gasteiger partial charge < -0.3 is 0 Å². The molecule has 1 N–H and O–H groups in total. The number of benzene rings is 1. The summed E-state index contributed by atoms with van der Waals surface area (Å²) in [7, 11) is 0. The average molecular weight is 254 g/mol. The molecule has 0 bridgehead atoms. The van der Waals surface area contributed by atoms with Crippen LogP contribution in [0.3, 0.4) is 0 Å². The molecule has 1 heterocycles. The summed E-state index contributed by atoms with van der Waals surface area (Å²) in [6.07, 6.45) is 4.74. The highest BCUT2D eigenvalue weighted by atomic mass is 15.3. The zero-order valence-electron chi connectivity index (χ0n) is 11.1. The third-order valence-electron chi connectivity index (χ3n) is 2.92. The number of nitriles is 1. The Morgan fingerprint density at radius 1 is 1.37 bits per heavy atom. The topological polar surface area (TPSA) is 53.6 Å². The molecule has 1 atom stereocenters. The Morgan fingerprint density at radius 3 is 2.84 bits per heavy atom. The Hall–Kier alpha value is -2.12. The first-order chi connectivity index (χ1) is 9.33. The molecule has 0 aliphatic rings. The van der Waals surface area contributed by atoms with Crippen LogP contribution in [0.4, 0.5) is 0 Å². The van der Waals surface area contributed by atoms with Gasteiger partial charge in [0.25, 0.3) is 0 Å². The maximum absolute atomic E-state index is 9.25. The summed E-state index contributed by atoms with van der Waals surface area (Å²) in [4.78, 5) is 0. The second-order valence-corrected chi connectivity index (χ2v) is 4.47. The largest absolute Gasteiger partial charge is 0.294 e. The van der Waals surface area contributed by atoms with Crippen LogP contribution in [-0.2, 0) is 13.1 Å². The first kappa shape index (κ1) is 13.3. The van der Waals surface area contributed by atoms with Crippen molar-refractivity contribution in [2.24, 2.45) is 0 Å². The molecule has 0 fully saturated rings. The molecule has 0 aliphatic carbocycles. The van der Waals surface area contributed by atoms with E-state index in [1.54, 1.807) is 6.20 Å². The van der Waals surface area contributed by atoms with Crippen LogP contribution in [0.5, 0.6) is 0 Å². The second kappa shape index (κ2) is 6.72. The summed E-state index contributed by atoms with van der Waals surface area (Å²) in [5, 5.41) is 16.7. The van der Waals surface area contributed by atoms with Crippen molar-refractivity contribution in [1.82, 2.24) is 15.1 Å². The summed E-state index contributed by atoms with van der Waals surface area (Å²) >= 11 is 0. The number of hydrogen-bond acceptors (Lipinski definition) is 3. The molecule has 0 saturated carbocycles. The summed E-state index contributed by atoms with van der Waals surface area (Å²) in [6.45, 7) is 3.67. The van der Waals surface area contributed by atoms with E-state index in [1.165, 1.54) is 5.56 Å². The number of nitrogens with one attached hydrogen (secondary N) is 1. The Morgan fingerprint density at radius 2 is 2.16 bits per heavy atom. The predicted molar refractivity (Wildman–Crippen MR) is 74.2 cm³/mol. The average Bonchev–Trinajstić information content (AvgIpc) is 2.90. The van der Waals surface area contributed by atoms with E-state index in [2.05, 4.69) is 23.4 Å². The number of aromatic nitrogens is 2. The summed E-state index contributed by atoms with van der Waals surface area (Å²) in [5.41, 5.74) is 2.09. The standard InChI is InChI=1S/C15H18N4/c1-2-8-19-12-14(11-18-19)15(9-16)17-10-13-6-4-3-5-7-13/h3-7,11-12,15,17H,2,8,10H2,1H3. The zero-order valence-corrected chi connectivity index (χ0v) is 11.1. The van der Waals surface area contributed by atoms with Crippen LogP contribution in [-0.4, -0.2) is 9.78 Å². The Kier molecular flexibility index (Phi) is 4.71. The van der Waals surface area contributed by atoms with Gasteiger partial charge in [0.15, 0.2) is 0 Å². The van der Waals surface area contributed by atoms with Crippen molar-refractivity contribution in [3.8, 4) is 6.07 Å². The molecular formula is C15H18N4. The molecule has 1 aromatic heterocycles. The minimum atomic E-state index is -0.314. The molecule has 0 spiro atoms. The molecule has 0 amide bonds. The predicted octanol–water partition coefficient (Wildman–Crippen LogP) is 2.65. The first-order valence-corrected chi connectivity index (χ1v) is 6.52. The van der Waals surface area contributed by atoms with Gasteiger partial charge in [-0.05, 0) is 12.0 Å². The Labute approximate surface area is 113 Å². The van der Waals surface area contributed by atoms with Gasteiger partial charge in [0.05, 0.1) is 12.3 Å². The van der Waals surface area contributed by atoms with Crippen LogP contribution in [0.25, 0.3) is 0 Å². The van der Waals surface area contributed by atoms with Crippen molar-refractivity contribution >= 4 is 0 Å². The number of aryl methyl sites for hydroxylation is 1. The van der Waals surface area contributed by atoms with Crippen molar-refractivity contribution in [3.05, 3.63) is 53.9 Å². The first-order valence-electron chi connectivity index (χ1n) is 6.52. The smallest absolute Gasteiger partial charge is 0.124 e. The third kappa shape index (κ3) is 3.67. The second-order valence-electron chi connectivity index (χ2n) is 4.47. The minimum absolute atomic E-state index is 0.314. The lowest BCUT2D eigenvalue weighted by Gasteiger charge is -2.09. The summed E-state index contributed by atoms with van der Waals surface area (Å²) in [5.74, 6) is 0. The van der Waals surface area contributed by atoms with Gasteiger partial charge >= 0.3 is 0 Å². The van der Waals surface area contributed by atoms with Gasteiger partial charge in [-0.2, -0.15) is 10.4 Å². The maximum Gasteiger partial charge on any atom is 0.124 e. The van der Waals surface area contributed by atoms with Gasteiger partial charge in [-0.25, -0.2) is 0 Å². The minimum Gasteiger partial charge on any atom is -0.294 e. The fourth-order valence-electron chi connectivity index (χ4n) is 1.93. The van der Waals surface area contributed by atoms with E-state index in [4.69, 9.17) is 0 Å². The monoisotopic (exact) mass is 254 g/mol. The van der Waals surface area contributed by atoms with E-state index in [9.17, 15) is 5.26 Å². The molecule has 2 aromatic rings. The van der Waals surface area contributed by atoms with Gasteiger partial charge in [0, 0.05) is 24.8 Å². The molecule has 4 heteroatoms. The normalized spacial score (nSPS) is 12.0. The Bertz CT molecular complexity index is 539. The van der Waals surface area contributed by atoms with E-state index >= 15 is 0 Å². The molecule has 4 nitrogen and oxygen atoms in total. The van der Waals surface area contributed by atoms with Crippen molar-refractivity contribution < 1.29 is 0 Å². The van der Waals surface area contributed by atoms with Gasteiger partial charge in [0.1, 0.15) is 6.04 Å². The van der Waals surface area contributed by atoms with E-state index in [1.807, 2.05) is 41.2 Å². The van der Waals surface area contributed by atoms with Crippen LogP contribution in [0.15, 0.2) is 42.7 Å². The number of nitrogens with zero attached hydrogens (tertiary/aromatic N) is 3. The van der Waals surface area contributed by atoms with E-state index < -0.39 is 0 Å². The van der Waals surface area contributed by atoms with Gasteiger partial charge in [-0.3, -0.25) is 10.00 Å². The highest BCUT2D eigenvalue weighted by molar-refractivity contribution is 5.20. The molecule has 98 valence electrons. The number of rotatable bonds is 6. The summed E-state index contributed by atoms with van der Waals surface area (Å²) in [6, 6.07) is 12.0. The molecule has 19 heavy (non-hydrogen) atoms. The number of hydrogen-bond donors (Lipinski definition) is 1. The van der Waals surface area contributed by atoms with Crippen LogP contribution < -0.4 is 5.32 Å². The highest BCUT2D eigenvalue weighted by Crippen LogP contribution is 2.12. The van der Waals surface area contributed by atoms with Gasteiger partial charge in [-0.1, -0.05) is 37.3 Å². The van der Waals surface area contributed by atoms with Crippen molar-refractivity contribution in [2.75, 3.05) is 0 Å². The zero-order chi connectivity index (χ0) is 13.5. The molecule has 0 aliphatic heterocycles. The molecule has 1 aromatic carbocycles. The lowest BCUT2D eigenvalue weighted by atomic mass is 10.1. The van der Waals surface area contributed by atoms with Crippen molar-refractivity contribution in [3.63, 3.8) is 0 Å². The van der Waals surface area contributed by atoms with E-state index in [0.29, 0.717) is 6.54 Å². The van der Waals surface area contributed by atoms with Crippen LogP contribution in [0.2, 0.25) is 0 Å². The molecule has 0 radical (unpaired) electrons. The van der Waals surface area contributed by atoms with Crippen LogP contribution >= 0.6 is 0 Å². The fourth-order valence-corrected chi connectivity index (χ4v) is 1.93. The Balaban J connectivity index is 1.98. The molecule has 1 unspecified atom stereocenters. The quantitative estimate of drug-likeness (QED) is 0.862. The van der Waals surface area contributed by atoms with Gasteiger partial charge in [0.2, 0.25) is 0 Å². The van der Waals surface area contributed by atoms with Gasteiger partial charge in [-0.15, -0.1) is 0 Å². The molecular weight excluding hydrogens is 236 g/mol. The molecule has 2 rings (SSSR count). The van der Waals surface area contributed by atoms with Crippen LogP contribution in [0.1, 0.15) is 30.5 Å². The molecule has 0 saturated heterocycles. The van der Waals surface area contributed by atoms with E-state index in [0.717, 1.165) is 18.5 Å². The van der Waals surface area contributed by atoms with Crippen molar-refractivity contribution in [2.45, 2.75) is 32.5 Å². The SMILES string of the molecule is CCCn1cc(C(C#N)NCc2ccccc2)cn1. The lowest BCUT2D eigenvalue weighted by molar-refractivity contribution is 0.597. The fraction of sp³-hybridized carbons (Fsp3) is 0.333. The third-order valence-corrected chi connectivity index (χ3v) is 2.92. The van der Waals surface area contributed by atoms with E-state index in [-0.39, 0.29) is 6.04 Å². The van der Waals surface area contributed by atoms with Crippen molar-refractivity contribution in [1.29, 1.82) is 5.26 Å². The lowest BCUT2D eigenvalue weighted by Crippen LogP contribution is -2.19. The highest BCUT2D eigenvalue weighted by Gasteiger charge is 2.11. The van der Waals surface area contributed by atoms with Crippen LogP contribution in [0, 0.1) is 11.3 Å².